The zero-order chi connectivity index (χ0) is 5.98. The lowest BCUT2D eigenvalue weighted by Crippen LogP contribution is -2.22. The van der Waals surface area contributed by atoms with E-state index in [0.717, 1.165) is 18.6 Å². The van der Waals surface area contributed by atoms with Crippen LogP contribution in [-0.2, 0) is 4.79 Å². The minimum absolute atomic E-state index is 0.120. The smallest absolute Gasteiger partial charge is 0.230 e. The second kappa shape index (κ2) is 2.40. The van der Waals surface area contributed by atoms with E-state index < -0.39 is 0 Å². The summed E-state index contributed by atoms with van der Waals surface area (Å²) in [6, 6.07) is 0. The summed E-state index contributed by atoms with van der Waals surface area (Å²) >= 11 is 1.68. The minimum Gasteiger partial charge on any atom is -0.369 e. The predicted octanol–water partition coefficient (Wildman–Crippen LogP) is 0.367. The Labute approximate surface area is 52.8 Å². The van der Waals surface area contributed by atoms with Gasteiger partial charge < -0.3 is 5.73 Å². The molecule has 3 heteroatoms. The van der Waals surface area contributed by atoms with Gasteiger partial charge in [-0.25, -0.2) is 0 Å². The molecule has 0 spiro atoms. The number of thioether (sulfide) groups is 1. The first-order chi connectivity index (χ1) is 3.80. The number of rotatable bonds is 1. The predicted molar refractivity (Wildman–Crippen MR) is 34.7 cm³/mol. The summed E-state index contributed by atoms with van der Waals surface area (Å²) in [4.78, 5) is 10.4. The fourth-order valence-corrected chi connectivity index (χ4v) is 1.92. The van der Waals surface area contributed by atoms with Crippen LogP contribution in [0.1, 0.15) is 12.8 Å². The van der Waals surface area contributed by atoms with Gasteiger partial charge in [-0.3, -0.25) is 4.79 Å². The van der Waals surface area contributed by atoms with Crippen molar-refractivity contribution in [1.29, 1.82) is 0 Å². The number of primary amides is 1. The van der Waals surface area contributed by atoms with E-state index in [1.54, 1.807) is 11.8 Å². The van der Waals surface area contributed by atoms with Crippen molar-refractivity contribution in [2.24, 2.45) is 5.73 Å². The Balaban J connectivity index is 2.35. The van der Waals surface area contributed by atoms with Crippen molar-refractivity contribution in [1.82, 2.24) is 0 Å². The Morgan fingerprint density at radius 2 is 2.50 bits per heavy atom. The molecule has 1 heterocycles. The number of carbonyl (C=O) groups excluding carboxylic acids is 1. The van der Waals surface area contributed by atoms with E-state index >= 15 is 0 Å². The maximum atomic E-state index is 10.4. The summed E-state index contributed by atoms with van der Waals surface area (Å²) in [5.41, 5.74) is 5.04. The van der Waals surface area contributed by atoms with Gasteiger partial charge in [-0.15, -0.1) is 11.8 Å². The number of hydrogen-bond acceptors (Lipinski definition) is 2. The molecule has 0 aromatic rings. The van der Waals surface area contributed by atoms with Gasteiger partial charge >= 0.3 is 0 Å². The van der Waals surface area contributed by atoms with E-state index in [2.05, 4.69) is 0 Å². The fourth-order valence-electron chi connectivity index (χ4n) is 0.802. The van der Waals surface area contributed by atoms with Crippen molar-refractivity contribution in [3.8, 4) is 0 Å². The van der Waals surface area contributed by atoms with E-state index in [1.807, 2.05) is 0 Å². The zero-order valence-corrected chi connectivity index (χ0v) is 5.41. The highest BCUT2D eigenvalue weighted by Crippen LogP contribution is 2.25. The Morgan fingerprint density at radius 1 is 1.75 bits per heavy atom. The van der Waals surface area contributed by atoms with E-state index in [9.17, 15) is 4.79 Å². The molecule has 0 radical (unpaired) electrons. The monoisotopic (exact) mass is 131 g/mol. The first kappa shape index (κ1) is 5.95. The van der Waals surface area contributed by atoms with Gasteiger partial charge in [0.2, 0.25) is 5.91 Å². The molecule has 1 aliphatic heterocycles. The van der Waals surface area contributed by atoms with Gasteiger partial charge in [-0.05, 0) is 18.6 Å². The average Bonchev–Trinajstić information content (AvgIpc) is 2.12. The Hall–Kier alpha value is -0.180. The van der Waals surface area contributed by atoms with Gasteiger partial charge in [0, 0.05) is 0 Å². The van der Waals surface area contributed by atoms with Crippen molar-refractivity contribution in [3.63, 3.8) is 0 Å². The van der Waals surface area contributed by atoms with Gasteiger partial charge in [0.1, 0.15) is 0 Å². The third kappa shape index (κ3) is 1.15. The first-order valence-electron chi connectivity index (χ1n) is 2.71. The van der Waals surface area contributed by atoms with Crippen LogP contribution in [0.4, 0.5) is 0 Å². The summed E-state index contributed by atoms with van der Waals surface area (Å²) in [6.07, 6.45) is 2.14. The quantitative estimate of drug-likeness (QED) is 0.558. The lowest BCUT2D eigenvalue weighted by molar-refractivity contribution is -0.117. The molecular weight excluding hydrogens is 122 g/mol. The Morgan fingerprint density at radius 3 is 2.75 bits per heavy atom. The largest absolute Gasteiger partial charge is 0.369 e. The highest BCUT2D eigenvalue weighted by atomic mass is 32.2. The first-order valence-corrected chi connectivity index (χ1v) is 3.76. The van der Waals surface area contributed by atoms with Gasteiger partial charge in [0.05, 0.1) is 5.25 Å². The molecule has 0 bridgehead atoms. The van der Waals surface area contributed by atoms with Crippen molar-refractivity contribution in [3.05, 3.63) is 0 Å². The van der Waals surface area contributed by atoms with Crippen LogP contribution in [0, 0.1) is 0 Å². The standard InChI is InChI=1S/C5H9NOS/c6-5(7)4-2-1-3-8-4/h4H,1-3H2,(H2,6,7). The fraction of sp³-hybridized carbons (Fsp3) is 0.800. The molecule has 2 N–H and O–H groups in total. The molecule has 0 aromatic carbocycles. The zero-order valence-electron chi connectivity index (χ0n) is 4.59. The Bertz CT molecular complexity index is 98.6. The third-order valence-electron chi connectivity index (χ3n) is 1.25. The summed E-state index contributed by atoms with van der Waals surface area (Å²) < 4.78 is 0. The maximum Gasteiger partial charge on any atom is 0.230 e. The van der Waals surface area contributed by atoms with Crippen molar-refractivity contribution >= 4 is 17.7 Å². The van der Waals surface area contributed by atoms with Gasteiger partial charge in [-0.2, -0.15) is 0 Å². The molecular formula is C5H9NOS. The maximum absolute atomic E-state index is 10.4. The molecule has 1 saturated heterocycles. The molecule has 46 valence electrons. The van der Waals surface area contributed by atoms with Crippen molar-refractivity contribution in [2.75, 3.05) is 5.75 Å². The van der Waals surface area contributed by atoms with Crippen LogP contribution >= 0.6 is 11.8 Å². The molecule has 2 nitrogen and oxygen atoms in total. The second-order valence-corrected chi connectivity index (χ2v) is 3.21. The lowest BCUT2D eigenvalue weighted by Gasteiger charge is -1.98. The van der Waals surface area contributed by atoms with Crippen LogP contribution in [0.3, 0.4) is 0 Å². The van der Waals surface area contributed by atoms with E-state index in [-0.39, 0.29) is 11.2 Å². The van der Waals surface area contributed by atoms with E-state index in [4.69, 9.17) is 5.73 Å². The highest BCUT2D eigenvalue weighted by Gasteiger charge is 2.19. The third-order valence-corrected chi connectivity index (χ3v) is 2.64. The van der Waals surface area contributed by atoms with Crippen LogP contribution in [-0.4, -0.2) is 16.9 Å². The molecule has 1 rings (SSSR count). The molecule has 1 fully saturated rings. The minimum atomic E-state index is -0.146. The van der Waals surface area contributed by atoms with Crippen LogP contribution in [0.2, 0.25) is 0 Å². The summed E-state index contributed by atoms with van der Waals surface area (Å²) in [5.74, 6) is 0.959. The Kier molecular flexibility index (Phi) is 1.78. The molecule has 1 aliphatic rings. The second-order valence-electron chi connectivity index (χ2n) is 1.90. The average molecular weight is 131 g/mol. The van der Waals surface area contributed by atoms with Crippen LogP contribution in [0.5, 0.6) is 0 Å². The molecule has 1 amide bonds. The normalized spacial score (nSPS) is 28.2. The summed E-state index contributed by atoms with van der Waals surface area (Å²) in [7, 11) is 0. The van der Waals surface area contributed by atoms with Crippen molar-refractivity contribution < 1.29 is 4.79 Å². The molecule has 1 unspecified atom stereocenters. The van der Waals surface area contributed by atoms with E-state index in [0.29, 0.717) is 0 Å². The van der Waals surface area contributed by atoms with Gasteiger partial charge in [0.15, 0.2) is 0 Å². The van der Waals surface area contributed by atoms with Crippen LogP contribution in [0.25, 0.3) is 0 Å². The molecule has 0 saturated carbocycles. The number of hydrogen-bond donors (Lipinski definition) is 1. The number of nitrogens with two attached hydrogens (primary N) is 1. The van der Waals surface area contributed by atoms with Crippen LogP contribution < -0.4 is 5.73 Å². The number of carbonyl (C=O) groups is 1. The number of amides is 1. The SMILES string of the molecule is NC(=O)C1CCCS1. The van der Waals surface area contributed by atoms with Gasteiger partial charge in [-0.1, -0.05) is 0 Å². The van der Waals surface area contributed by atoms with Crippen LogP contribution in [0.15, 0.2) is 0 Å². The highest BCUT2D eigenvalue weighted by molar-refractivity contribution is 8.00. The molecule has 8 heavy (non-hydrogen) atoms. The summed E-state index contributed by atoms with van der Waals surface area (Å²) in [5, 5.41) is 0.120. The van der Waals surface area contributed by atoms with Gasteiger partial charge in [0.25, 0.3) is 0 Å². The topological polar surface area (TPSA) is 43.1 Å². The summed E-state index contributed by atoms with van der Waals surface area (Å²) in [6.45, 7) is 0. The molecule has 1 atom stereocenters. The molecule has 0 aliphatic carbocycles. The van der Waals surface area contributed by atoms with Crippen molar-refractivity contribution in [2.45, 2.75) is 18.1 Å². The van der Waals surface area contributed by atoms with E-state index in [1.165, 1.54) is 0 Å². The lowest BCUT2D eigenvalue weighted by atomic mass is 10.2. The molecule has 0 aromatic heterocycles.